The second-order valence-corrected chi connectivity index (χ2v) is 5.75. The van der Waals surface area contributed by atoms with Crippen LogP contribution in [-0.4, -0.2) is 19.7 Å². The van der Waals surface area contributed by atoms with Crippen LogP contribution >= 0.6 is 0 Å². The first-order valence-electron chi connectivity index (χ1n) is 7.72. The highest BCUT2D eigenvalue weighted by Crippen LogP contribution is 2.30. The third kappa shape index (κ3) is 2.44. The summed E-state index contributed by atoms with van der Waals surface area (Å²) in [5, 5.41) is 3.52. The highest BCUT2D eigenvalue weighted by molar-refractivity contribution is 5.64. The molecule has 2 aromatic carbocycles. The van der Waals surface area contributed by atoms with Crippen LogP contribution in [0.25, 0.3) is 0 Å². The summed E-state index contributed by atoms with van der Waals surface area (Å²) in [6.07, 6.45) is 2.42. The van der Waals surface area contributed by atoms with Gasteiger partial charge >= 0.3 is 0 Å². The fourth-order valence-corrected chi connectivity index (χ4v) is 3.19. The van der Waals surface area contributed by atoms with Crippen molar-refractivity contribution >= 4 is 11.4 Å². The van der Waals surface area contributed by atoms with Crippen LogP contribution < -0.4 is 15.0 Å². The summed E-state index contributed by atoms with van der Waals surface area (Å²) in [5.74, 6) is 1.02. The first-order valence-corrected chi connectivity index (χ1v) is 7.72. The Morgan fingerprint density at radius 2 is 2.00 bits per heavy atom. The smallest absolute Gasteiger partial charge is 0.124 e. The quantitative estimate of drug-likeness (QED) is 0.866. The van der Waals surface area contributed by atoms with Gasteiger partial charge in [-0.15, -0.1) is 0 Å². The number of nitrogens with zero attached hydrogens (tertiary/aromatic N) is 1. The predicted octanol–water partition coefficient (Wildman–Crippen LogP) is 3.44. The maximum absolute atomic E-state index is 5.86. The number of aryl methyl sites for hydroxylation is 1. The molecule has 2 aromatic rings. The number of fused-ring (bicyclic) bond motifs is 2. The molecule has 0 saturated carbocycles. The lowest BCUT2D eigenvalue weighted by molar-refractivity contribution is 0.331. The molecule has 0 fully saturated rings. The van der Waals surface area contributed by atoms with Crippen molar-refractivity contribution in [1.29, 1.82) is 0 Å². The molecular formula is C18H20N2O. The van der Waals surface area contributed by atoms with E-state index >= 15 is 0 Å². The van der Waals surface area contributed by atoms with Gasteiger partial charge in [-0.3, -0.25) is 0 Å². The van der Waals surface area contributed by atoms with Gasteiger partial charge in [0.05, 0.1) is 6.54 Å². The second kappa shape index (κ2) is 5.32. The van der Waals surface area contributed by atoms with E-state index in [2.05, 4.69) is 46.6 Å². The van der Waals surface area contributed by atoms with Crippen LogP contribution in [0.1, 0.15) is 17.5 Å². The predicted molar refractivity (Wildman–Crippen MR) is 86.2 cm³/mol. The monoisotopic (exact) mass is 280 g/mol. The Morgan fingerprint density at radius 1 is 1.05 bits per heavy atom. The van der Waals surface area contributed by atoms with E-state index in [-0.39, 0.29) is 0 Å². The molecule has 0 radical (unpaired) electrons. The van der Waals surface area contributed by atoms with E-state index in [1.165, 1.54) is 35.3 Å². The third-order valence-corrected chi connectivity index (χ3v) is 4.35. The van der Waals surface area contributed by atoms with Crippen molar-refractivity contribution in [1.82, 2.24) is 0 Å². The molecule has 0 saturated heterocycles. The van der Waals surface area contributed by atoms with Gasteiger partial charge in [-0.1, -0.05) is 24.3 Å². The molecule has 2 heterocycles. The van der Waals surface area contributed by atoms with Crippen molar-refractivity contribution in [2.24, 2.45) is 0 Å². The van der Waals surface area contributed by atoms with Crippen LogP contribution in [0.5, 0.6) is 5.75 Å². The van der Waals surface area contributed by atoms with Crippen molar-refractivity contribution < 1.29 is 4.74 Å². The maximum Gasteiger partial charge on any atom is 0.124 e. The fraction of sp³-hybridized carbons (Fsp3) is 0.333. The van der Waals surface area contributed by atoms with E-state index in [0.29, 0.717) is 0 Å². The first kappa shape index (κ1) is 12.6. The molecule has 0 atom stereocenters. The molecule has 0 aromatic heterocycles. The second-order valence-electron chi connectivity index (χ2n) is 5.75. The molecule has 0 amide bonds. The minimum atomic E-state index is 0.738. The standard InChI is InChI=1S/C18H20N2O/c1-2-6-18-15(4-1)13-20(10-11-21-18)16-8-7-14-5-3-9-19-17(14)12-16/h1-2,4,6-8,12,19H,3,5,9-11,13H2. The number of rotatable bonds is 1. The Kier molecular flexibility index (Phi) is 3.18. The Bertz CT molecular complexity index is 653. The fourth-order valence-electron chi connectivity index (χ4n) is 3.19. The molecule has 4 rings (SSSR count). The van der Waals surface area contributed by atoms with Gasteiger partial charge in [0.25, 0.3) is 0 Å². The van der Waals surface area contributed by atoms with E-state index in [9.17, 15) is 0 Å². The van der Waals surface area contributed by atoms with Crippen molar-refractivity contribution in [2.75, 3.05) is 29.9 Å². The van der Waals surface area contributed by atoms with Crippen molar-refractivity contribution in [3.63, 3.8) is 0 Å². The van der Waals surface area contributed by atoms with E-state index < -0.39 is 0 Å². The Balaban J connectivity index is 1.64. The number of anilines is 2. The highest BCUT2D eigenvalue weighted by Gasteiger charge is 2.17. The lowest BCUT2D eigenvalue weighted by Gasteiger charge is -2.25. The number of nitrogens with one attached hydrogen (secondary N) is 1. The minimum Gasteiger partial charge on any atom is -0.491 e. The molecular weight excluding hydrogens is 260 g/mol. The molecule has 2 aliphatic rings. The molecule has 0 unspecified atom stereocenters. The average Bonchev–Trinajstić information content (AvgIpc) is 2.76. The van der Waals surface area contributed by atoms with Gasteiger partial charge < -0.3 is 15.0 Å². The van der Waals surface area contributed by atoms with Crippen LogP contribution in [0.3, 0.4) is 0 Å². The van der Waals surface area contributed by atoms with Gasteiger partial charge in [0.1, 0.15) is 12.4 Å². The maximum atomic E-state index is 5.86. The summed E-state index contributed by atoms with van der Waals surface area (Å²) in [4.78, 5) is 2.41. The van der Waals surface area contributed by atoms with Gasteiger partial charge in [-0.2, -0.15) is 0 Å². The number of benzene rings is 2. The van der Waals surface area contributed by atoms with Crippen LogP contribution in [-0.2, 0) is 13.0 Å². The molecule has 1 N–H and O–H groups in total. The zero-order valence-corrected chi connectivity index (χ0v) is 12.1. The zero-order valence-electron chi connectivity index (χ0n) is 12.1. The van der Waals surface area contributed by atoms with Crippen LogP contribution in [0.2, 0.25) is 0 Å². The SMILES string of the molecule is c1ccc2c(c1)CN(c1ccc3c(c1)NCCC3)CCO2. The third-order valence-electron chi connectivity index (χ3n) is 4.35. The largest absolute Gasteiger partial charge is 0.491 e. The topological polar surface area (TPSA) is 24.5 Å². The van der Waals surface area contributed by atoms with Gasteiger partial charge in [-0.25, -0.2) is 0 Å². The van der Waals surface area contributed by atoms with Crippen LogP contribution in [0, 0.1) is 0 Å². The van der Waals surface area contributed by atoms with Gasteiger partial charge in [0.2, 0.25) is 0 Å². The number of hydrogen-bond acceptors (Lipinski definition) is 3. The molecule has 21 heavy (non-hydrogen) atoms. The zero-order chi connectivity index (χ0) is 14.1. The normalized spacial score (nSPS) is 17.0. The number of ether oxygens (including phenoxy) is 1. The number of hydrogen-bond donors (Lipinski definition) is 1. The van der Waals surface area contributed by atoms with Crippen molar-refractivity contribution in [2.45, 2.75) is 19.4 Å². The van der Waals surface area contributed by atoms with Gasteiger partial charge in [0, 0.05) is 30.0 Å². The molecule has 0 aliphatic carbocycles. The summed E-state index contributed by atoms with van der Waals surface area (Å²) in [7, 11) is 0. The molecule has 0 bridgehead atoms. The lowest BCUT2D eigenvalue weighted by Crippen LogP contribution is -2.25. The van der Waals surface area contributed by atoms with E-state index in [4.69, 9.17) is 4.74 Å². The summed E-state index contributed by atoms with van der Waals surface area (Å²) in [6.45, 7) is 3.66. The number of para-hydroxylation sites is 1. The highest BCUT2D eigenvalue weighted by atomic mass is 16.5. The molecule has 3 nitrogen and oxygen atoms in total. The van der Waals surface area contributed by atoms with Crippen LogP contribution in [0.4, 0.5) is 11.4 Å². The minimum absolute atomic E-state index is 0.738. The Labute approximate surface area is 125 Å². The van der Waals surface area contributed by atoms with E-state index in [0.717, 1.165) is 32.0 Å². The molecule has 108 valence electrons. The van der Waals surface area contributed by atoms with Gasteiger partial charge in [0.15, 0.2) is 0 Å². The van der Waals surface area contributed by atoms with E-state index in [1.54, 1.807) is 0 Å². The van der Waals surface area contributed by atoms with Crippen molar-refractivity contribution in [3.05, 3.63) is 53.6 Å². The first-order chi connectivity index (χ1) is 10.4. The van der Waals surface area contributed by atoms with Crippen LogP contribution in [0.15, 0.2) is 42.5 Å². The molecule has 3 heteroatoms. The summed E-state index contributed by atoms with van der Waals surface area (Å²) in [5.41, 5.74) is 5.29. The average molecular weight is 280 g/mol. The molecule has 0 spiro atoms. The Morgan fingerprint density at radius 3 is 3.00 bits per heavy atom. The van der Waals surface area contributed by atoms with Crippen molar-refractivity contribution in [3.8, 4) is 5.75 Å². The lowest BCUT2D eigenvalue weighted by atomic mass is 10.0. The Hall–Kier alpha value is -2.16. The summed E-state index contributed by atoms with van der Waals surface area (Å²) in [6, 6.07) is 15.2. The molecule has 2 aliphatic heterocycles. The van der Waals surface area contributed by atoms with E-state index in [1.807, 2.05) is 6.07 Å². The van der Waals surface area contributed by atoms with Gasteiger partial charge in [-0.05, 0) is 36.6 Å². The summed E-state index contributed by atoms with van der Waals surface area (Å²) < 4.78 is 5.86. The summed E-state index contributed by atoms with van der Waals surface area (Å²) >= 11 is 0.